The molecule has 2 rings (SSSR count). The minimum Gasteiger partial charge on any atom is -0.397 e. The van der Waals surface area contributed by atoms with Crippen molar-refractivity contribution in [2.75, 3.05) is 17.7 Å². The minimum atomic E-state index is -0.151. The molecule has 88 valence electrons. The van der Waals surface area contributed by atoms with Gasteiger partial charge in [-0.25, -0.2) is 0 Å². The van der Waals surface area contributed by atoms with E-state index in [-0.39, 0.29) is 12.1 Å². The van der Waals surface area contributed by atoms with E-state index in [9.17, 15) is 5.11 Å². The predicted molar refractivity (Wildman–Crippen MR) is 67.5 cm³/mol. The molecule has 3 nitrogen and oxygen atoms in total. The van der Waals surface area contributed by atoms with Crippen molar-refractivity contribution in [1.82, 2.24) is 0 Å². The second-order valence-electron chi connectivity index (χ2n) is 4.81. The van der Waals surface area contributed by atoms with Crippen molar-refractivity contribution in [3.05, 3.63) is 23.8 Å². The summed E-state index contributed by atoms with van der Waals surface area (Å²) >= 11 is 0. The highest BCUT2D eigenvalue weighted by molar-refractivity contribution is 5.70. The average Bonchev–Trinajstić information content (AvgIpc) is 2.74. The molecule has 0 saturated heterocycles. The van der Waals surface area contributed by atoms with E-state index in [2.05, 4.69) is 5.32 Å². The predicted octanol–water partition coefficient (Wildman–Crippen LogP) is 2.29. The van der Waals surface area contributed by atoms with Crippen LogP contribution in [-0.4, -0.2) is 17.3 Å². The van der Waals surface area contributed by atoms with E-state index >= 15 is 0 Å². The van der Waals surface area contributed by atoms with E-state index in [1.807, 2.05) is 25.1 Å². The zero-order valence-electron chi connectivity index (χ0n) is 9.79. The van der Waals surface area contributed by atoms with Crippen LogP contribution in [0.15, 0.2) is 18.2 Å². The first kappa shape index (κ1) is 11.3. The van der Waals surface area contributed by atoms with Gasteiger partial charge in [0.25, 0.3) is 0 Å². The highest BCUT2D eigenvalue weighted by atomic mass is 16.3. The molecule has 0 amide bonds. The van der Waals surface area contributed by atoms with E-state index in [1.165, 1.54) is 12.8 Å². The summed E-state index contributed by atoms with van der Waals surface area (Å²) in [6.07, 6.45) is 4.41. The number of hydrogen-bond acceptors (Lipinski definition) is 3. The van der Waals surface area contributed by atoms with Crippen LogP contribution in [0.2, 0.25) is 0 Å². The topological polar surface area (TPSA) is 58.3 Å². The Bertz CT molecular complexity index is 370. The molecule has 1 aromatic rings. The summed E-state index contributed by atoms with van der Waals surface area (Å²) in [7, 11) is 0. The van der Waals surface area contributed by atoms with Gasteiger partial charge in [-0.05, 0) is 31.4 Å². The summed E-state index contributed by atoms with van der Waals surface area (Å²) in [5.41, 5.74) is 8.71. The van der Waals surface area contributed by atoms with Crippen molar-refractivity contribution in [3.8, 4) is 0 Å². The first-order valence-electron chi connectivity index (χ1n) is 5.91. The van der Waals surface area contributed by atoms with Gasteiger partial charge in [0.1, 0.15) is 0 Å². The van der Waals surface area contributed by atoms with Gasteiger partial charge >= 0.3 is 0 Å². The Morgan fingerprint density at radius 3 is 2.69 bits per heavy atom. The number of benzene rings is 1. The lowest BCUT2D eigenvalue weighted by Crippen LogP contribution is -2.39. The fraction of sp³-hybridized carbons (Fsp3) is 0.538. The molecule has 1 aliphatic rings. The van der Waals surface area contributed by atoms with Crippen LogP contribution in [0.25, 0.3) is 0 Å². The SMILES string of the molecule is Cc1cccc(NC2(CO)CCCC2)c1N. The van der Waals surface area contributed by atoms with Crippen molar-refractivity contribution in [2.45, 2.75) is 38.1 Å². The first-order valence-corrected chi connectivity index (χ1v) is 5.91. The van der Waals surface area contributed by atoms with Gasteiger partial charge in [-0.3, -0.25) is 0 Å². The van der Waals surface area contributed by atoms with Crippen LogP contribution in [0.4, 0.5) is 11.4 Å². The van der Waals surface area contributed by atoms with Crippen LogP contribution in [0, 0.1) is 6.92 Å². The molecular formula is C13H20N2O. The summed E-state index contributed by atoms with van der Waals surface area (Å²) in [6, 6.07) is 5.98. The van der Waals surface area contributed by atoms with E-state index in [4.69, 9.17) is 5.73 Å². The second-order valence-corrected chi connectivity index (χ2v) is 4.81. The number of anilines is 2. The van der Waals surface area contributed by atoms with Gasteiger partial charge in [-0.15, -0.1) is 0 Å². The monoisotopic (exact) mass is 220 g/mol. The van der Waals surface area contributed by atoms with Gasteiger partial charge in [0.15, 0.2) is 0 Å². The molecule has 0 spiro atoms. The van der Waals surface area contributed by atoms with Crippen molar-refractivity contribution in [1.29, 1.82) is 0 Å². The van der Waals surface area contributed by atoms with Gasteiger partial charge in [0, 0.05) is 0 Å². The van der Waals surface area contributed by atoms with Gasteiger partial charge in [-0.2, -0.15) is 0 Å². The molecule has 0 atom stereocenters. The molecule has 1 fully saturated rings. The molecule has 0 unspecified atom stereocenters. The molecule has 1 aromatic carbocycles. The highest BCUT2D eigenvalue weighted by Gasteiger charge is 2.33. The summed E-state index contributed by atoms with van der Waals surface area (Å²) in [6.45, 7) is 2.18. The van der Waals surface area contributed by atoms with Crippen LogP contribution < -0.4 is 11.1 Å². The molecule has 16 heavy (non-hydrogen) atoms. The number of nitrogens with two attached hydrogens (primary N) is 1. The maximum absolute atomic E-state index is 9.53. The van der Waals surface area contributed by atoms with Gasteiger partial charge in [0.2, 0.25) is 0 Å². The van der Waals surface area contributed by atoms with Crippen LogP contribution >= 0.6 is 0 Å². The van der Waals surface area contributed by atoms with E-state index in [0.717, 1.165) is 29.8 Å². The standard InChI is InChI=1S/C13H20N2O/c1-10-5-4-6-11(12(10)14)15-13(9-16)7-2-3-8-13/h4-6,15-16H,2-3,7-9,14H2,1H3. The number of para-hydroxylation sites is 1. The van der Waals surface area contributed by atoms with E-state index < -0.39 is 0 Å². The third kappa shape index (κ3) is 2.00. The highest BCUT2D eigenvalue weighted by Crippen LogP contribution is 2.35. The summed E-state index contributed by atoms with van der Waals surface area (Å²) in [4.78, 5) is 0. The van der Waals surface area contributed by atoms with Crippen molar-refractivity contribution >= 4 is 11.4 Å². The van der Waals surface area contributed by atoms with Crippen LogP contribution in [0.3, 0.4) is 0 Å². The number of aliphatic hydroxyl groups is 1. The maximum Gasteiger partial charge on any atom is 0.0661 e. The number of rotatable bonds is 3. The van der Waals surface area contributed by atoms with Gasteiger partial charge in [0.05, 0.1) is 23.5 Å². The number of aliphatic hydroxyl groups excluding tert-OH is 1. The van der Waals surface area contributed by atoms with Gasteiger partial charge < -0.3 is 16.2 Å². The molecule has 0 radical (unpaired) electrons. The van der Waals surface area contributed by atoms with Crippen molar-refractivity contribution in [2.24, 2.45) is 0 Å². The summed E-state index contributed by atoms with van der Waals surface area (Å²) in [5.74, 6) is 0. The Kier molecular flexibility index (Phi) is 3.06. The number of aryl methyl sites for hydroxylation is 1. The summed E-state index contributed by atoms with van der Waals surface area (Å²) in [5, 5.41) is 13.0. The lowest BCUT2D eigenvalue weighted by Gasteiger charge is -2.30. The molecule has 1 aliphatic carbocycles. The third-order valence-corrected chi connectivity index (χ3v) is 3.59. The van der Waals surface area contributed by atoms with Crippen molar-refractivity contribution in [3.63, 3.8) is 0 Å². The molecule has 4 N–H and O–H groups in total. The quantitative estimate of drug-likeness (QED) is 0.685. The normalized spacial score (nSPS) is 18.6. The van der Waals surface area contributed by atoms with Gasteiger partial charge in [-0.1, -0.05) is 25.0 Å². The largest absolute Gasteiger partial charge is 0.397 e. The zero-order valence-corrected chi connectivity index (χ0v) is 9.79. The third-order valence-electron chi connectivity index (χ3n) is 3.59. The Hall–Kier alpha value is -1.22. The fourth-order valence-electron chi connectivity index (χ4n) is 2.45. The molecule has 0 bridgehead atoms. The smallest absolute Gasteiger partial charge is 0.0661 e. The Balaban J connectivity index is 2.22. The molecular weight excluding hydrogens is 200 g/mol. The Morgan fingerprint density at radius 2 is 2.06 bits per heavy atom. The van der Waals surface area contributed by atoms with Crippen LogP contribution in [-0.2, 0) is 0 Å². The van der Waals surface area contributed by atoms with Crippen molar-refractivity contribution < 1.29 is 5.11 Å². The lowest BCUT2D eigenvalue weighted by atomic mass is 9.98. The van der Waals surface area contributed by atoms with E-state index in [0.29, 0.717) is 0 Å². The number of hydrogen-bond donors (Lipinski definition) is 3. The van der Waals surface area contributed by atoms with E-state index in [1.54, 1.807) is 0 Å². The molecule has 0 aliphatic heterocycles. The van der Waals surface area contributed by atoms with Crippen LogP contribution in [0.1, 0.15) is 31.2 Å². The Labute approximate surface area is 96.7 Å². The average molecular weight is 220 g/mol. The molecule has 0 aromatic heterocycles. The van der Waals surface area contributed by atoms with Crippen LogP contribution in [0.5, 0.6) is 0 Å². The number of nitrogen functional groups attached to an aromatic ring is 1. The lowest BCUT2D eigenvalue weighted by molar-refractivity contribution is 0.214. The zero-order chi connectivity index (χ0) is 11.6. The number of nitrogens with one attached hydrogen (secondary N) is 1. The first-order chi connectivity index (χ1) is 7.67. The maximum atomic E-state index is 9.53. The minimum absolute atomic E-state index is 0.151. The fourth-order valence-corrected chi connectivity index (χ4v) is 2.45. The second kappa shape index (κ2) is 4.34. The summed E-state index contributed by atoms with van der Waals surface area (Å²) < 4.78 is 0. The molecule has 0 heterocycles. The Morgan fingerprint density at radius 1 is 1.38 bits per heavy atom. The molecule has 1 saturated carbocycles. The molecule has 3 heteroatoms.